The Morgan fingerprint density at radius 1 is 0.402 bits per heavy atom. The molecule has 0 saturated carbocycles. The van der Waals surface area contributed by atoms with E-state index in [-0.39, 0.29) is 72.3 Å². The van der Waals surface area contributed by atoms with Gasteiger partial charge in [-0.1, -0.05) is 91.0 Å². The molecule has 15 N–H and O–H groups in total. The molecule has 480 valence electrons. The predicted molar refractivity (Wildman–Crippen MR) is 348 cm³/mol. The van der Waals surface area contributed by atoms with Gasteiger partial charge in [0.1, 0.15) is 18.1 Å². The third-order valence-electron chi connectivity index (χ3n) is 16.0. The van der Waals surface area contributed by atoms with Gasteiger partial charge in [-0.15, -0.1) is 0 Å². The first-order valence-electron chi connectivity index (χ1n) is 30.6. The first-order chi connectivity index (χ1) is 44.5. The van der Waals surface area contributed by atoms with Crippen molar-refractivity contribution in [3.8, 4) is 0 Å². The number of anilines is 3. The lowest BCUT2D eigenvalue weighted by Gasteiger charge is -2.36. The van der Waals surface area contributed by atoms with Crippen molar-refractivity contribution in [1.82, 2.24) is 30.9 Å². The Morgan fingerprint density at radius 3 is 0.957 bits per heavy atom. The molecule has 9 aromatic rings. The topological polar surface area (TPSA) is 326 Å². The number of carbonyl (C=O) groups is 7. The first kappa shape index (κ1) is 66.3. The van der Waals surface area contributed by atoms with Crippen molar-refractivity contribution in [3.05, 3.63) is 198 Å². The molecule has 0 radical (unpaired) electrons. The molecule has 92 heavy (non-hydrogen) atoms. The highest BCUT2D eigenvalue weighted by molar-refractivity contribution is 6.00. The number of unbranched alkanes of at least 4 members (excludes halogenated alkanes) is 3. The van der Waals surface area contributed by atoms with Crippen molar-refractivity contribution in [2.75, 3.05) is 35.6 Å². The Labute approximate surface area is 528 Å². The molecule has 3 aromatic heterocycles. The maximum Gasteiger partial charge on any atom is 0.490 e. The number of esters is 1. The molecular formula is C69H75F3N12O8. The Morgan fingerprint density at radius 2 is 0.685 bits per heavy atom. The standard InChI is InChI=1S/C69H75F3N12O8/c70-69(71,72)67(91)92-68(46-22-28-49(29-23-46)79-64(88)58(19-7-10-34-73)82-61(85)37-43-40-76-55-16-4-1-13-52(43)55,47-24-30-50(31-25-47)80-65(89)59(20-8-11-35-74)83-62(86)38-44-41-77-56-17-5-2-14-53(44)56)48-26-32-51(33-27-48)81-66(90)60(21-9-12-36-75)84-63(87)39-45-42-78-57-18-6-3-15-54(45)57/h1-6,13-18,22-33,40-42,58-60,76-78H,7-12,19-21,34-39,73-75H2,(H,79,88)(H,80,89)(H,81,90)(H,82,85)(H,83,86)(H,84,87)/t58-,59-,60-/m0/s1. The second-order valence-electron chi connectivity index (χ2n) is 22.6. The minimum atomic E-state index is -5.53. The maximum atomic E-state index is 14.8. The van der Waals surface area contributed by atoms with Crippen molar-refractivity contribution >= 4 is 91.2 Å². The van der Waals surface area contributed by atoms with Crippen LogP contribution in [0.25, 0.3) is 32.7 Å². The normalized spacial score (nSPS) is 12.6. The Kier molecular flexibility index (Phi) is 22.4. The molecular weight excluding hydrogens is 1180 g/mol. The van der Waals surface area contributed by atoms with Crippen LogP contribution in [0.1, 0.15) is 91.2 Å². The zero-order chi connectivity index (χ0) is 65.2. The predicted octanol–water partition coefficient (Wildman–Crippen LogP) is 8.91. The van der Waals surface area contributed by atoms with E-state index < -0.39 is 71.3 Å². The highest BCUT2D eigenvalue weighted by Crippen LogP contribution is 2.43. The van der Waals surface area contributed by atoms with Gasteiger partial charge in [0.05, 0.1) is 19.3 Å². The number of fused-ring (bicyclic) bond motifs is 3. The summed E-state index contributed by atoms with van der Waals surface area (Å²) in [4.78, 5) is 106. The van der Waals surface area contributed by atoms with Crippen LogP contribution in [0.2, 0.25) is 0 Å². The van der Waals surface area contributed by atoms with Crippen molar-refractivity contribution in [2.45, 2.75) is 107 Å². The van der Waals surface area contributed by atoms with Gasteiger partial charge in [-0.25, -0.2) is 4.79 Å². The van der Waals surface area contributed by atoms with E-state index in [1.807, 2.05) is 72.8 Å². The Bertz CT molecular complexity index is 3630. The smallest absolute Gasteiger partial charge is 0.438 e. The van der Waals surface area contributed by atoms with Crippen LogP contribution in [0, 0.1) is 0 Å². The van der Waals surface area contributed by atoms with Gasteiger partial charge in [0.25, 0.3) is 0 Å². The zero-order valence-electron chi connectivity index (χ0n) is 50.6. The van der Waals surface area contributed by atoms with Crippen molar-refractivity contribution in [1.29, 1.82) is 0 Å². The van der Waals surface area contributed by atoms with Gasteiger partial charge in [0.2, 0.25) is 35.4 Å². The summed E-state index contributed by atoms with van der Waals surface area (Å²) < 4.78 is 50.1. The number of halogens is 3. The monoisotopic (exact) mass is 1260 g/mol. The number of benzene rings is 6. The molecule has 9 rings (SSSR count). The summed E-state index contributed by atoms with van der Waals surface area (Å²) in [7, 11) is 0. The summed E-state index contributed by atoms with van der Waals surface area (Å²) in [6.45, 7) is 1.05. The largest absolute Gasteiger partial charge is 0.490 e. The summed E-state index contributed by atoms with van der Waals surface area (Å²) in [5, 5.41) is 19.6. The summed E-state index contributed by atoms with van der Waals surface area (Å²) >= 11 is 0. The molecule has 0 spiro atoms. The molecule has 23 heteroatoms. The van der Waals surface area contributed by atoms with E-state index in [0.29, 0.717) is 58.2 Å². The number of nitrogens with two attached hydrogens (primary N) is 3. The number of aromatic amines is 3. The van der Waals surface area contributed by atoms with Gasteiger partial charge in [0.15, 0.2) is 5.60 Å². The highest BCUT2D eigenvalue weighted by Gasteiger charge is 2.49. The first-order valence-corrected chi connectivity index (χ1v) is 30.6. The molecule has 6 aromatic carbocycles. The van der Waals surface area contributed by atoms with E-state index in [9.17, 15) is 46.7 Å². The zero-order valence-corrected chi connectivity index (χ0v) is 50.6. The van der Waals surface area contributed by atoms with Gasteiger partial charge in [-0.3, -0.25) is 28.8 Å². The van der Waals surface area contributed by atoms with E-state index in [0.717, 1.165) is 49.4 Å². The lowest BCUT2D eigenvalue weighted by Crippen LogP contribution is -2.44. The number of para-hydroxylation sites is 3. The molecule has 0 aliphatic carbocycles. The van der Waals surface area contributed by atoms with Crippen LogP contribution < -0.4 is 49.1 Å². The molecule has 3 heterocycles. The van der Waals surface area contributed by atoms with Gasteiger partial charge < -0.3 is 68.8 Å². The highest BCUT2D eigenvalue weighted by atomic mass is 19.4. The number of amides is 6. The van der Waals surface area contributed by atoms with Crippen LogP contribution >= 0.6 is 0 Å². The van der Waals surface area contributed by atoms with E-state index in [2.05, 4.69) is 46.9 Å². The molecule has 0 aliphatic rings. The molecule has 6 amide bonds. The van der Waals surface area contributed by atoms with Crippen LogP contribution in [0.3, 0.4) is 0 Å². The Hall–Kier alpha value is -10.1. The number of nitrogens with one attached hydrogen (secondary N) is 9. The lowest BCUT2D eigenvalue weighted by molar-refractivity contribution is -0.209. The number of H-pyrrole nitrogens is 3. The van der Waals surface area contributed by atoms with Crippen LogP contribution in [0.4, 0.5) is 30.2 Å². The third kappa shape index (κ3) is 16.8. The number of aromatic nitrogens is 3. The SMILES string of the molecule is NCCCC[C@H](NC(=O)Cc1c[nH]c2ccccc12)C(=O)Nc1ccc(C(OC(=O)C(F)(F)F)(c2ccc(NC(=O)[C@H](CCCCN)NC(=O)Cc3c[nH]c4ccccc34)cc2)c2ccc(NC(=O)[C@H](CCCCN)NC(=O)Cc3c[nH]c4ccccc34)cc2)cc1. The van der Waals surface area contributed by atoms with Gasteiger partial charge in [0, 0.05) is 85.1 Å². The Balaban J connectivity index is 1.01. The number of hydrogen-bond acceptors (Lipinski definition) is 11. The van der Waals surface area contributed by atoms with Crippen molar-refractivity contribution in [2.24, 2.45) is 17.2 Å². The average Bonchev–Trinajstić information content (AvgIpc) is 1.02. The van der Waals surface area contributed by atoms with Crippen LogP contribution in [-0.4, -0.2) is 100 Å². The second kappa shape index (κ2) is 31.1. The van der Waals surface area contributed by atoms with Gasteiger partial charge in [-0.05, 0) is 149 Å². The van der Waals surface area contributed by atoms with E-state index >= 15 is 0 Å². The quantitative estimate of drug-likeness (QED) is 0.0111. The molecule has 3 atom stereocenters. The summed E-state index contributed by atoms with van der Waals surface area (Å²) in [5.74, 6) is -5.56. The molecule has 0 bridgehead atoms. The summed E-state index contributed by atoms with van der Waals surface area (Å²) in [6.07, 6.45) is 3.47. The van der Waals surface area contributed by atoms with Crippen LogP contribution in [0.15, 0.2) is 164 Å². The number of carbonyl (C=O) groups excluding carboxylic acids is 7. The van der Waals surface area contributed by atoms with Crippen molar-refractivity contribution in [3.63, 3.8) is 0 Å². The molecule has 0 fully saturated rings. The molecule has 20 nitrogen and oxygen atoms in total. The fourth-order valence-electron chi connectivity index (χ4n) is 11.3. The third-order valence-corrected chi connectivity index (χ3v) is 16.0. The fourth-order valence-corrected chi connectivity index (χ4v) is 11.3. The number of ether oxygens (including phenoxy) is 1. The van der Waals surface area contributed by atoms with E-state index in [4.69, 9.17) is 21.9 Å². The van der Waals surface area contributed by atoms with E-state index in [1.165, 1.54) is 72.8 Å². The van der Waals surface area contributed by atoms with Crippen LogP contribution in [0.5, 0.6) is 0 Å². The number of rotatable bonds is 31. The average molecular weight is 1260 g/mol. The summed E-state index contributed by atoms with van der Waals surface area (Å²) in [6, 6.07) is 36.1. The minimum absolute atomic E-state index is 0.0268. The molecule has 0 aliphatic heterocycles. The van der Waals surface area contributed by atoms with Crippen LogP contribution in [-0.2, 0) is 63.2 Å². The number of hydrogen-bond donors (Lipinski definition) is 12. The molecule has 0 saturated heterocycles. The van der Waals surface area contributed by atoms with Crippen molar-refractivity contribution < 1.29 is 51.5 Å². The van der Waals surface area contributed by atoms with Gasteiger partial charge in [-0.2, -0.15) is 13.2 Å². The molecule has 0 unspecified atom stereocenters. The fraction of sp³-hybridized carbons (Fsp3) is 0.290. The summed E-state index contributed by atoms with van der Waals surface area (Å²) in [5.41, 5.74) is 20.0. The maximum absolute atomic E-state index is 14.8. The van der Waals surface area contributed by atoms with Gasteiger partial charge >= 0.3 is 12.1 Å². The van der Waals surface area contributed by atoms with E-state index in [1.54, 1.807) is 18.6 Å². The lowest BCUT2D eigenvalue weighted by atomic mass is 9.79. The second-order valence-corrected chi connectivity index (χ2v) is 22.6. The minimum Gasteiger partial charge on any atom is -0.438 e. The number of alkyl halides is 3.